The van der Waals surface area contributed by atoms with Crippen LogP contribution in [-0.2, 0) is 4.74 Å². The molecule has 2 aliphatic heterocycles. The summed E-state index contributed by atoms with van der Waals surface area (Å²) in [7, 11) is 0. The van der Waals surface area contributed by atoms with Crippen molar-refractivity contribution in [3.8, 4) is 0 Å². The highest BCUT2D eigenvalue weighted by molar-refractivity contribution is 9.09. The molecule has 2 aliphatic rings. The normalized spacial score (nSPS) is 30.9. The lowest BCUT2D eigenvalue weighted by molar-refractivity contribution is -0.0601. The Balaban J connectivity index is 1.84. The predicted molar refractivity (Wildman–Crippen MR) is 84.1 cm³/mol. The summed E-state index contributed by atoms with van der Waals surface area (Å²) in [4.78, 5) is 5.23. The molecule has 0 spiro atoms. The maximum atomic E-state index is 5.99. The van der Waals surface area contributed by atoms with Gasteiger partial charge in [0, 0.05) is 37.0 Å². The van der Waals surface area contributed by atoms with Crippen molar-refractivity contribution in [2.24, 2.45) is 0 Å². The van der Waals surface area contributed by atoms with Crippen LogP contribution in [0.2, 0.25) is 0 Å². The van der Waals surface area contributed by atoms with Gasteiger partial charge in [-0.1, -0.05) is 22.4 Å². The summed E-state index contributed by atoms with van der Waals surface area (Å²) in [5, 5.41) is 1.12. The molecule has 2 rings (SSSR count). The first-order valence-electron chi connectivity index (χ1n) is 7.86. The topological polar surface area (TPSA) is 15.7 Å². The van der Waals surface area contributed by atoms with E-state index in [0.29, 0.717) is 12.1 Å². The zero-order valence-corrected chi connectivity index (χ0v) is 14.1. The molecule has 3 nitrogen and oxygen atoms in total. The van der Waals surface area contributed by atoms with E-state index < -0.39 is 0 Å². The summed E-state index contributed by atoms with van der Waals surface area (Å²) in [5.41, 5.74) is 0. The molecule has 2 fully saturated rings. The van der Waals surface area contributed by atoms with E-state index in [-0.39, 0.29) is 0 Å². The molecule has 0 aliphatic carbocycles. The van der Waals surface area contributed by atoms with Gasteiger partial charge in [0.05, 0.1) is 12.7 Å². The van der Waals surface area contributed by atoms with Crippen LogP contribution in [0, 0.1) is 0 Å². The van der Waals surface area contributed by atoms with E-state index >= 15 is 0 Å². The van der Waals surface area contributed by atoms with Gasteiger partial charge in [-0.05, 0) is 39.7 Å². The monoisotopic (exact) mass is 332 g/mol. The molecule has 2 unspecified atom stereocenters. The molecule has 0 aromatic rings. The molecule has 0 N–H and O–H groups in total. The van der Waals surface area contributed by atoms with Crippen LogP contribution in [0.5, 0.6) is 0 Å². The summed E-state index contributed by atoms with van der Waals surface area (Å²) >= 11 is 3.60. The fourth-order valence-corrected chi connectivity index (χ4v) is 3.86. The Morgan fingerprint density at radius 3 is 2.84 bits per heavy atom. The van der Waals surface area contributed by atoms with Gasteiger partial charge in [-0.3, -0.25) is 9.80 Å². The first-order valence-corrected chi connectivity index (χ1v) is 8.98. The van der Waals surface area contributed by atoms with Crippen LogP contribution in [0.3, 0.4) is 0 Å². The Morgan fingerprint density at radius 1 is 1.26 bits per heavy atom. The lowest BCUT2D eigenvalue weighted by Crippen LogP contribution is -2.52. The molecule has 2 heterocycles. The van der Waals surface area contributed by atoms with Crippen molar-refractivity contribution in [3.05, 3.63) is 0 Å². The standard InChI is InChI=1S/C15H29BrN2O/c1-13(2)17-9-10-19-15(11-17)12-18-8-4-3-5-14(18)6-7-16/h13-15H,3-12H2,1-2H3. The third-order valence-corrected chi connectivity index (χ3v) is 4.99. The van der Waals surface area contributed by atoms with Gasteiger partial charge >= 0.3 is 0 Å². The van der Waals surface area contributed by atoms with E-state index in [2.05, 4.69) is 39.6 Å². The minimum atomic E-state index is 0.409. The quantitative estimate of drug-likeness (QED) is 0.720. The molecule has 2 saturated heterocycles. The third kappa shape index (κ3) is 4.69. The molecule has 2 atom stereocenters. The number of nitrogens with zero attached hydrogens (tertiary/aromatic N) is 2. The van der Waals surface area contributed by atoms with Crippen molar-refractivity contribution in [3.63, 3.8) is 0 Å². The van der Waals surface area contributed by atoms with E-state index in [9.17, 15) is 0 Å². The van der Waals surface area contributed by atoms with Crippen LogP contribution >= 0.6 is 15.9 Å². The van der Waals surface area contributed by atoms with Crippen molar-refractivity contribution >= 4 is 15.9 Å². The summed E-state index contributed by atoms with van der Waals surface area (Å²) in [6.07, 6.45) is 5.82. The molecule has 0 aromatic carbocycles. The number of hydrogen-bond donors (Lipinski definition) is 0. The molecule has 0 amide bonds. The summed E-state index contributed by atoms with van der Waals surface area (Å²) in [6.45, 7) is 10.1. The fraction of sp³-hybridized carbons (Fsp3) is 1.00. The highest BCUT2D eigenvalue weighted by Gasteiger charge is 2.28. The van der Waals surface area contributed by atoms with E-state index in [0.717, 1.165) is 37.6 Å². The van der Waals surface area contributed by atoms with E-state index in [4.69, 9.17) is 4.74 Å². The number of morpholine rings is 1. The van der Waals surface area contributed by atoms with Crippen molar-refractivity contribution in [1.82, 2.24) is 9.80 Å². The van der Waals surface area contributed by atoms with Crippen LogP contribution in [-0.4, -0.2) is 66.1 Å². The van der Waals surface area contributed by atoms with Gasteiger partial charge in [-0.2, -0.15) is 0 Å². The van der Waals surface area contributed by atoms with Gasteiger partial charge in [0.2, 0.25) is 0 Å². The Kier molecular flexibility index (Phi) is 6.60. The molecule has 0 bridgehead atoms. The smallest absolute Gasteiger partial charge is 0.0829 e. The zero-order chi connectivity index (χ0) is 13.7. The summed E-state index contributed by atoms with van der Waals surface area (Å²) < 4.78 is 5.99. The highest BCUT2D eigenvalue weighted by Crippen LogP contribution is 2.22. The number of ether oxygens (including phenoxy) is 1. The molecular weight excluding hydrogens is 304 g/mol. The van der Waals surface area contributed by atoms with E-state index in [1.54, 1.807) is 0 Å². The molecular formula is C15H29BrN2O. The predicted octanol–water partition coefficient (Wildman–Crippen LogP) is 2.74. The second kappa shape index (κ2) is 7.96. The second-order valence-corrected chi connectivity index (χ2v) is 7.00. The molecule has 4 heteroatoms. The SMILES string of the molecule is CC(C)N1CCOC(CN2CCCCC2CCBr)C1. The Morgan fingerprint density at radius 2 is 2.11 bits per heavy atom. The molecule has 0 saturated carbocycles. The first-order chi connectivity index (χ1) is 9.20. The number of alkyl halides is 1. The largest absolute Gasteiger partial charge is 0.374 e. The maximum Gasteiger partial charge on any atom is 0.0829 e. The minimum Gasteiger partial charge on any atom is -0.374 e. The van der Waals surface area contributed by atoms with Crippen molar-refractivity contribution in [2.75, 3.05) is 38.1 Å². The van der Waals surface area contributed by atoms with Gasteiger partial charge in [0.15, 0.2) is 0 Å². The molecule has 19 heavy (non-hydrogen) atoms. The zero-order valence-electron chi connectivity index (χ0n) is 12.5. The summed E-state index contributed by atoms with van der Waals surface area (Å²) in [6, 6.07) is 1.41. The number of rotatable bonds is 5. The van der Waals surface area contributed by atoms with Crippen LogP contribution in [0.25, 0.3) is 0 Å². The average molecular weight is 333 g/mol. The Labute approximate surface area is 126 Å². The van der Waals surface area contributed by atoms with Gasteiger partial charge in [0.25, 0.3) is 0 Å². The van der Waals surface area contributed by atoms with Crippen molar-refractivity contribution in [2.45, 2.75) is 57.7 Å². The summed E-state index contributed by atoms with van der Waals surface area (Å²) in [5.74, 6) is 0. The minimum absolute atomic E-state index is 0.409. The van der Waals surface area contributed by atoms with Crippen LogP contribution < -0.4 is 0 Å². The number of piperidine rings is 1. The van der Waals surface area contributed by atoms with Crippen LogP contribution in [0.1, 0.15) is 39.5 Å². The fourth-order valence-electron chi connectivity index (χ4n) is 3.34. The second-order valence-electron chi connectivity index (χ2n) is 6.20. The first kappa shape index (κ1) is 15.7. The van der Waals surface area contributed by atoms with Gasteiger partial charge in [-0.25, -0.2) is 0 Å². The number of halogens is 1. The maximum absolute atomic E-state index is 5.99. The van der Waals surface area contributed by atoms with Crippen LogP contribution in [0.15, 0.2) is 0 Å². The number of likely N-dealkylation sites (tertiary alicyclic amines) is 1. The van der Waals surface area contributed by atoms with Crippen LogP contribution in [0.4, 0.5) is 0 Å². The Bertz CT molecular complexity index is 261. The molecule has 0 aromatic heterocycles. The lowest BCUT2D eigenvalue weighted by atomic mass is 9.99. The van der Waals surface area contributed by atoms with E-state index in [1.165, 1.54) is 32.2 Å². The van der Waals surface area contributed by atoms with Gasteiger partial charge < -0.3 is 4.74 Å². The molecule has 112 valence electrons. The van der Waals surface area contributed by atoms with Crippen molar-refractivity contribution < 1.29 is 4.74 Å². The average Bonchev–Trinajstić information content (AvgIpc) is 2.41. The number of hydrogen-bond acceptors (Lipinski definition) is 3. The van der Waals surface area contributed by atoms with Gasteiger partial charge in [0.1, 0.15) is 0 Å². The Hall–Kier alpha value is 0.360. The highest BCUT2D eigenvalue weighted by atomic mass is 79.9. The third-order valence-electron chi connectivity index (χ3n) is 4.53. The lowest BCUT2D eigenvalue weighted by Gasteiger charge is -2.41. The van der Waals surface area contributed by atoms with Crippen molar-refractivity contribution in [1.29, 1.82) is 0 Å². The van der Waals surface area contributed by atoms with E-state index in [1.807, 2.05) is 0 Å². The van der Waals surface area contributed by atoms with Gasteiger partial charge in [-0.15, -0.1) is 0 Å². The molecule has 0 radical (unpaired) electrons.